The Balaban J connectivity index is 2.49. The number of rotatable bonds is 3. The number of aliphatic hydroxyl groups is 1. The van der Waals surface area contributed by atoms with Crippen molar-refractivity contribution < 1.29 is 13.5 Å². The summed E-state index contributed by atoms with van der Waals surface area (Å²) in [5.41, 5.74) is 0.647. The Bertz CT molecular complexity index is 536. The Hall–Kier alpha value is -0.910. The zero-order valence-electron chi connectivity index (χ0n) is 9.92. The molecule has 1 aliphatic carbocycles. The van der Waals surface area contributed by atoms with Crippen molar-refractivity contribution in [2.75, 3.05) is 6.61 Å². The fourth-order valence-electron chi connectivity index (χ4n) is 2.70. The Labute approximate surface area is 102 Å². The molecule has 0 radical (unpaired) electrons. The van der Waals surface area contributed by atoms with E-state index in [0.717, 1.165) is 5.56 Å². The minimum Gasteiger partial charge on any atom is -0.396 e. The highest BCUT2D eigenvalue weighted by Gasteiger charge is 2.58. The summed E-state index contributed by atoms with van der Waals surface area (Å²) >= 11 is 0. The fraction of sp³-hybridized carbons (Fsp3) is 0.500. The smallest absolute Gasteiger partial charge is 0.238 e. The summed E-state index contributed by atoms with van der Waals surface area (Å²) in [7, 11) is -3.70. The third kappa shape index (κ3) is 1.99. The normalized spacial score (nSPS) is 26.8. The first-order valence-electron chi connectivity index (χ1n) is 5.52. The van der Waals surface area contributed by atoms with E-state index in [-0.39, 0.29) is 28.8 Å². The number of nitrogens with two attached hydrogens (primary N) is 1. The molecule has 2 unspecified atom stereocenters. The molecular formula is C12H17NO3S. The number of primary sulfonamides is 1. The van der Waals surface area contributed by atoms with Gasteiger partial charge in [-0.25, -0.2) is 13.6 Å². The summed E-state index contributed by atoms with van der Waals surface area (Å²) in [5.74, 6) is 0.160. The molecule has 17 heavy (non-hydrogen) atoms. The highest BCUT2D eigenvalue weighted by molar-refractivity contribution is 7.89. The van der Waals surface area contributed by atoms with E-state index in [9.17, 15) is 13.5 Å². The van der Waals surface area contributed by atoms with E-state index in [1.165, 1.54) is 6.07 Å². The van der Waals surface area contributed by atoms with E-state index in [1.54, 1.807) is 18.2 Å². The molecule has 0 spiro atoms. The highest BCUT2D eigenvalue weighted by Crippen LogP contribution is 2.64. The molecule has 0 aromatic heterocycles. The molecule has 0 aliphatic heterocycles. The highest BCUT2D eigenvalue weighted by atomic mass is 32.2. The topological polar surface area (TPSA) is 80.4 Å². The first-order chi connectivity index (χ1) is 7.80. The molecule has 1 aromatic rings. The lowest BCUT2D eigenvalue weighted by molar-refractivity contribution is 0.256. The van der Waals surface area contributed by atoms with Gasteiger partial charge >= 0.3 is 0 Å². The van der Waals surface area contributed by atoms with Crippen LogP contribution in [0.25, 0.3) is 0 Å². The zero-order valence-corrected chi connectivity index (χ0v) is 10.7. The Morgan fingerprint density at radius 3 is 2.41 bits per heavy atom. The lowest BCUT2D eigenvalue weighted by atomic mass is 10.0. The van der Waals surface area contributed by atoms with Crippen LogP contribution in [0.3, 0.4) is 0 Å². The lowest BCUT2D eigenvalue weighted by Crippen LogP contribution is -2.14. The minimum atomic E-state index is -3.70. The van der Waals surface area contributed by atoms with Gasteiger partial charge in [-0.1, -0.05) is 32.0 Å². The first-order valence-corrected chi connectivity index (χ1v) is 7.07. The van der Waals surface area contributed by atoms with E-state index in [2.05, 4.69) is 0 Å². The fourth-order valence-corrected chi connectivity index (χ4v) is 3.49. The Morgan fingerprint density at radius 2 is 1.94 bits per heavy atom. The number of benzene rings is 1. The second-order valence-corrected chi connectivity index (χ2v) is 6.70. The van der Waals surface area contributed by atoms with Gasteiger partial charge in [0, 0.05) is 6.61 Å². The van der Waals surface area contributed by atoms with E-state index in [4.69, 9.17) is 5.14 Å². The van der Waals surface area contributed by atoms with E-state index in [1.807, 2.05) is 13.8 Å². The Kier molecular flexibility index (Phi) is 2.80. The molecule has 1 saturated carbocycles. The molecule has 2 atom stereocenters. The number of hydrogen-bond acceptors (Lipinski definition) is 3. The van der Waals surface area contributed by atoms with Crippen LogP contribution in [-0.2, 0) is 10.0 Å². The first kappa shape index (κ1) is 12.5. The molecular weight excluding hydrogens is 238 g/mol. The molecule has 2 rings (SSSR count). The number of aliphatic hydroxyl groups excluding tert-OH is 1. The van der Waals surface area contributed by atoms with Crippen molar-refractivity contribution in [1.82, 2.24) is 0 Å². The molecule has 1 fully saturated rings. The van der Waals surface area contributed by atoms with Crippen LogP contribution in [-0.4, -0.2) is 20.1 Å². The van der Waals surface area contributed by atoms with Crippen molar-refractivity contribution in [3.8, 4) is 0 Å². The molecule has 4 nitrogen and oxygen atoms in total. The number of sulfonamides is 1. The van der Waals surface area contributed by atoms with Gasteiger partial charge in [0.15, 0.2) is 0 Å². The maximum absolute atomic E-state index is 11.5. The second kappa shape index (κ2) is 3.80. The quantitative estimate of drug-likeness (QED) is 0.847. The Morgan fingerprint density at radius 1 is 1.35 bits per heavy atom. The van der Waals surface area contributed by atoms with Gasteiger partial charge in [0.05, 0.1) is 4.90 Å². The van der Waals surface area contributed by atoms with Crippen molar-refractivity contribution >= 4 is 10.0 Å². The van der Waals surface area contributed by atoms with Gasteiger partial charge in [-0.2, -0.15) is 0 Å². The summed E-state index contributed by atoms with van der Waals surface area (Å²) in [6.45, 7) is 4.12. The van der Waals surface area contributed by atoms with Gasteiger partial charge in [-0.15, -0.1) is 0 Å². The summed E-state index contributed by atoms with van der Waals surface area (Å²) in [6.07, 6.45) is 0. The van der Waals surface area contributed by atoms with E-state index < -0.39 is 10.0 Å². The minimum absolute atomic E-state index is 0.0574. The third-order valence-corrected chi connectivity index (χ3v) is 4.79. The molecule has 0 amide bonds. The van der Waals surface area contributed by atoms with E-state index in [0.29, 0.717) is 0 Å². The van der Waals surface area contributed by atoms with Crippen LogP contribution in [0.4, 0.5) is 0 Å². The maximum atomic E-state index is 11.5. The second-order valence-electron chi connectivity index (χ2n) is 5.17. The summed E-state index contributed by atoms with van der Waals surface area (Å²) in [5, 5.41) is 14.5. The van der Waals surface area contributed by atoms with Crippen molar-refractivity contribution in [3.05, 3.63) is 29.8 Å². The third-order valence-electron chi connectivity index (χ3n) is 3.81. The molecule has 1 aromatic carbocycles. The van der Waals surface area contributed by atoms with Crippen LogP contribution in [0.5, 0.6) is 0 Å². The van der Waals surface area contributed by atoms with Gasteiger partial charge in [-0.05, 0) is 28.9 Å². The van der Waals surface area contributed by atoms with Crippen molar-refractivity contribution in [2.24, 2.45) is 16.5 Å². The summed E-state index contributed by atoms with van der Waals surface area (Å²) in [4.78, 5) is 0.175. The maximum Gasteiger partial charge on any atom is 0.238 e. The predicted molar refractivity (Wildman–Crippen MR) is 64.9 cm³/mol. The van der Waals surface area contributed by atoms with Crippen molar-refractivity contribution in [2.45, 2.75) is 24.7 Å². The molecule has 0 heterocycles. The van der Waals surface area contributed by atoms with Crippen molar-refractivity contribution in [3.63, 3.8) is 0 Å². The molecule has 94 valence electrons. The molecule has 1 aliphatic rings. The van der Waals surface area contributed by atoms with Crippen LogP contribution in [0, 0.1) is 11.3 Å². The van der Waals surface area contributed by atoms with Crippen LogP contribution >= 0.6 is 0 Å². The SMILES string of the molecule is CC1(C)C(CO)C1c1ccccc1S(N)(=O)=O. The van der Waals surface area contributed by atoms with Gasteiger partial charge in [-0.3, -0.25) is 0 Å². The average molecular weight is 255 g/mol. The van der Waals surface area contributed by atoms with Gasteiger partial charge in [0.1, 0.15) is 0 Å². The summed E-state index contributed by atoms with van der Waals surface area (Å²) in [6, 6.07) is 6.76. The standard InChI is InChI=1S/C12H17NO3S/c1-12(2)9(7-14)11(12)8-5-3-4-6-10(8)17(13,15)16/h3-6,9,11,14H,7H2,1-2H3,(H2,13,15,16). The van der Waals surface area contributed by atoms with Crippen LogP contribution in [0.1, 0.15) is 25.3 Å². The van der Waals surface area contributed by atoms with E-state index >= 15 is 0 Å². The van der Waals surface area contributed by atoms with Gasteiger partial charge in [0.2, 0.25) is 10.0 Å². The largest absolute Gasteiger partial charge is 0.396 e. The number of hydrogen-bond donors (Lipinski definition) is 2. The van der Waals surface area contributed by atoms with Crippen LogP contribution in [0.2, 0.25) is 0 Å². The monoisotopic (exact) mass is 255 g/mol. The summed E-state index contributed by atoms with van der Waals surface area (Å²) < 4.78 is 23.0. The molecule has 5 heteroatoms. The van der Waals surface area contributed by atoms with Gasteiger partial charge in [0.25, 0.3) is 0 Å². The van der Waals surface area contributed by atoms with Crippen LogP contribution in [0.15, 0.2) is 29.2 Å². The molecule has 0 bridgehead atoms. The lowest BCUT2D eigenvalue weighted by Gasteiger charge is -2.08. The van der Waals surface area contributed by atoms with Crippen LogP contribution < -0.4 is 5.14 Å². The predicted octanol–water partition coefficient (Wildman–Crippen LogP) is 1.07. The van der Waals surface area contributed by atoms with Crippen molar-refractivity contribution in [1.29, 1.82) is 0 Å². The van der Waals surface area contributed by atoms with Gasteiger partial charge < -0.3 is 5.11 Å². The zero-order chi connectivity index (χ0) is 12.8. The molecule has 3 N–H and O–H groups in total. The molecule has 0 saturated heterocycles. The average Bonchev–Trinajstić information content (AvgIpc) is 2.79.